The Labute approximate surface area is 307 Å². The number of benzene rings is 2. The molecule has 0 bridgehead atoms. The number of phenols is 1. The lowest BCUT2D eigenvalue weighted by Gasteiger charge is -2.41. The molecule has 280 valence electrons. The van der Waals surface area contributed by atoms with E-state index in [1.165, 1.54) is 6.07 Å². The first-order valence-electron chi connectivity index (χ1n) is 17.4. The molecule has 0 unspecified atom stereocenters. The fraction of sp³-hybridized carbons (Fsp3) is 0.541. The number of halogens is 2. The van der Waals surface area contributed by atoms with Crippen molar-refractivity contribution in [2.75, 3.05) is 64.0 Å². The zero-order valence-corrected chi connectivity index (χ0v) is 31.0. The summed E-state index contributed by atoms with van der Waals surface area (Å²) in [7, 11) is 0. The van der Waals surface area contributed by atoms with Gasteiger partial charge >= 0.3 is 18.1 Å². The summed E-state index contributed by atoms with van der Waals surface area (Å²) in [5.74, 6) is -1.07. The van der Waals surface area contributed by atoms with Gasteiger partial charge in [-0.15, -0.1) is 0 Å². The molecule has 1 aromatic heterocycles. The Balaban J connectivity index is 1.44. The number of fused-ring (bicyclic) bond motifs is 1. The number of carbonyl (C=O) groups excluding carboxylic acids is 1. The molecule has 15 heteroatoms. The number of carboxylic acids is 1. The number of phenolic OH excluding ortho intramolecular Hbond substituents is 1. The Morgan fingerprint density at radius 3 is 2.52 bits per heavy atom. The van der Waals surface area contributed by atoms with Gasteiger partial charge in [-0.1, -0.05) is 11.6 Å². The van der Waals surface area contributed by atoms with Crippen LogP contribution in [0.2, 0.25) is 5.02 Å². The number of hydrogen-bond donors (Lipinski definition) is 2. The van der Waals surface area contributed by atoms with Crippen molar-refractivity contribution < 1.29 is 38.4 Å². The Hall–Kier alpha value is -4.45. The van der Waals surface area contributed by atoms with Crippen LogP contribution in [0.1, 0.15) is 51.2 Å². The van der Waals surface area contributed by atoms with Crippen molar-refractivity contribution in [2.24, 2.45) is 5.92 Å². The maximum Gasteiger partial charge on any atom is 0.410 e. The monoisotopic (exact) mass is 740 g/mol. The van der Waals surface area contributed by atoms with Crippen molar-refractivity contribution >= 4 is 40.4 Å². The van der Waals surface area contributed by atoms with Gasteiger partial charge in [0, 0.05) is 37.1 Å². The van der Waals surface area contributed by atoms with Crippen LogP contribution in [-0.4, -0.2) is 113 Å². The standard InChI is InChI=1S/C37H46ClFN6O7/c1-22-16-26(46)17-27(23(22)2)31-29(38)18-28-33(32(31)39)41-35(51-15-14-43-10-7-24(8-11-43)20-50-21-30(47)48)42-34(28)44-12-13-45(25(19-44)6-9-40)36(49)52-37(3,4)5/h16-18,24-25,46H,6-8,10-15,19-21H2,1-5H3,(H,47,48)/t25-/m0/s1. The summed E-state index contributed by atoms with van der Waals surface area (Å²) in [6.45, 7) is 12.2. The Bertz CT molecular complexity index is 1840. The normalized spacial score (nSPS) is 17.3. The number of anilines is 1. The predicted octanol–water partition coefficient (Wildman–Crippen LogP) is 5.94. The fourth-order valence-corrected chi connectivity index (χ4v) is 6.95. The number of carboxylic acid groups (broad SMARTS) is 1. The molecule has 13 nitrogen and oxygen atoms in total. The zero-order chi connectivity index (χ0) is 37.7. The van der Waals surface area contributed by atoms with E-state index in [9.17, 15) is 20.0 Å². The highest BCUT2D eigenvalue weighted by atomic mass is 35.5. The number of aliphatic carboxylic acids is 1. The Morgan fingerprint density at radius 1 is 1.12 bits per heavy atom. The fourth-order valence-electron chi connectivity index (χ4n) is 6.66. The predicted molar refractivity (Wildman–Crippen MR) is 193 cm³/mol. The molecule has 2 aromatic carbocycles. The molecule has 2 N–H and O–H groups in total. The second-order valence-electron chi connectivity index (χ2n) is 14.4. The highest BCUT2D eigenvalue weighted by Crippen LogP contribution is 2.42. The summed E-state index contributed by atoms with van der Waals surface area (Å²) in [6, 6.07) is 6.28. The summed E-state index contributed by atoms with van der Waals surface area (Å²) in [6.07, 6.45) is 1.24. The van der Waals surface area contributed by atoms with E-state index < -0.39 is 29.5 Å². The van der Waals surface area contributed by atoms with E-state index in [-0.39, 0.29) is 66.5 Å². The van der Waals surface area contributed by atoms with Crippen molar-refractivity contribution in [2.45, 2.75) is 65.5 Å². The van der Waals surface area contributed by atoms with Crippen LogP contribution >= 0.6 is 11.6 Å². The van der Waals surface area contributed by atoms with E-state index in [0.717, 1.165) is 37.1 Å². The van der Waals surface area contributed by atoms with E-state index in [1.807, 2.05) is 18.7 Å². The van der Waals surface area contributed by atoms with Gasteiger partial charge in [-0.3, -0.25) is 4.90 Å². The van der Waals surface area contributed by atoms with Crippen LogP contribution in [0.5, 0.6) is 11.8 Å². The Morgan fingerprint density at radius 2 is 1.85 bits per heavy atom. The van der Waals surface area contributed by atoms with Crippen LogP contribution in [-0.2, 0) is 14.3 Å². The second-order valence-corrected chi connectivity index (χ2v) is 14.8. The third-order valence-electron chi connectivity index (χ3n) is 9.43. The van der Waals surface area contributed by atoms with E-state index in [1.54, 1.807) is 37.8 Å². The number of rotatable bonds is 11. The molecular formula is C37H46ClFN6O7. The van der Waals surface area contributed by atoms with Crippen LogP contribution < -0.4 is 9.64 Å². The number of ether oxygens (including phenoxy) is 3. The van der Waals surface area contributed by atoms with Crippen molar-refractivity contribution in [3.8, 4) is 29.0 Å². The minimum atomic E-state index is -0.984. The molecular weight excluding hydrogens is 695 g/mol. The van der Waals surface area contributed by atoms with Crippen LogP contribution in [0.3, 0.4) is 0 Å². The maximum absolute atomic E-state index is 16.8. The molecule has 3 heterocycles. The highest BCUT2D eigenvalue weighted by Gasteiger charge is 2.35. The zero-order valence-electron chi connectivity index (χ0n) is 30.2. The second kappa shape index (κ2) is 16.5. The molecule has 2 saturated heterocycles. The van der Waals surface area contributed by atoms with Gasteiger partial charge in [-0.25, -0.2) is 14.0 Å². The van der Waals surface area contributed by atoms with E-state index >= 15 is 4.39 Å². The third kappa shape index (κ3) is 9.31. The number of piperazine rings is 1. The summed E-state index contributed by atoms with van der Waals surface area (Å²) in [5.41, 5.74) is 1.30. The van der Waals surface area contributed by atoms with Gasteiger partial charge in [0.1, 0.15) is 35.9 Å². The van der Waals surface area contributed by atoms with Gasteiger partial charge < -0.3 is 34.2 Å². The van der Waals surface area contributed by atoms with Crippen molar-refractivity contribution in [3.05, 3.63) is 40.2 Å². The van der Waals surface area contributed by atoms with Crippen molar-refractivity contribution in [1.82, 2.24) is 19.8 Å². The minimum Gasteiger partial charge on any atom is -0.508 e. The largest absolute Gasteiger partial charge is 0.508 e. The van der Waals surface area contributed by atoms with E-state index in [4.69, 9.17) is 35.9 Å². The van der Waals surface area contributed by atoms with Crippen LogP contribution in [0.25, 0.3) is 22.0 Å². The van der Waals surface area contributed by atoms with Crippen molar-refractivity contribution in [1.29, 1.82) is 5.26 Å². The molecule has 1 atom stereocenters. The van der Waals surface area contributed by atoms with Crippen LogP contribution in [0, 0.1) is 36.9 Å². The third-order valence-corrected chi connectivity index (χ3v) is 9.72. The molecule has 0 aliphatic carbocycles. The summed E-state index contributed by atoms with van der Waals surface area (Å²) in [5, 5.41) is 29.3. The number of aromatic nitrogens is 2. The van der Waals surface area contributed by atoms with Gasteiger partial charge in [-0.2, -0.15) is 15.2 Å². The lowest BCUT2D eigenvalue weighted by atomic mass is 9.95. The number of hydrogen-bond acceptors (Lipinski definition) is 11. The molecule has 2 aliphatic heterocycles. The van der Waals surface area contributed by atoms with Gasteiger partial charge in [-0.05, 0) is 101 Å². The first-order valence-corrected chi connectivity index (χ1v) is 17.8. The average Bonchev–Trinajstić information content (AvgIpc) is 3.07. The molecule has 5 rings (SSSR count). The first-order chi connectivity index (χ1) is 24.6. The molecule has 1 amide bonds. The molecule has 3 aromatic rings. The molecule has 0 spiro atoms. The number of carbonyl (C=O) groups is 2. The first kappa shape index (κ1) is 38.8. The van der Waals surface area contributed by atoms with Crippen molar-refractivity contribution in [3.63, 3.8) is 0 Å². The maximum atomic E-state index is 16.8. The highest BCUT2D eigenvalue weighted by molar-refractivity contribution is 6.34. The molecule has 0 radical (unpaired) electrons. The smallest absolute Gasteiger partial charge is 0.410 e. The number of aryl methyl sites for hydroxylation is 1. The van der Waals surface area contributed by atoms with Crippen LogP contribution in [0.4, 0.5) is 15.0 Å². The minimum absolute atomic E-state index is 0.0200. The number of piperidine rings is 1. The average molecular weight is 741 g/mol. The van der Waals surface area contributed by atoms with E-state index in [0.29, 0.717) is 36.5 Å². The Kier molecular flexibility index (Phi) is 12.3. The van der Waals surface area contributed by atoms with Crippen LogP contribution in [0.15, 0.2) is 18.2 Å². The molecule has 52 heavy (non-hydrogen) atoms. The summed E-state index contributed by atoms with van der Waals surface area (Å²) >= 11 is 6.82. The number of nitrogens with zero attached hydrogens (tertiary/aromatic N) is 6. The lowest BCUT2D eigenvalue weighted by Crippen LogP contribution is -2.56. The van der Waals surface area contributed by atoms with E-state index in [2.05, 4.69) is 16.0 Å². The lowest BCUT2D eigenvalue weighted by molar-refractivity contribution is -0.142. The molecule has 2 fully saturated rings. The molecule has 0 saturated carbocycles. The SMILES string of the molecule is Cc1cc(O)cc(-c2c(Cl)cc3c(N4CCN(C(=O)OC(C)(C)C)[C@@H](CC#N)C4)nc(OCCN4CCC(COCC(=O)O)CC4)nc3c2F)c1C. The topological polar surface area (TPSA) is 162 Å². The summed E-state index contributed by atoms with van der Waals surface area (Å²) < 4.78 is 33.8. The summed E-state index contributed by atoms with van der Waals surface area (Å²) in [4.78, 5) is 38.8. The van der Waals surface area contributed by atoms with Gasteiger partial charge in [0.25, 0.3) is 0 Å². The van der Waals surface area contributed by atoms with Gasteiger partial charge in [0.05, 0.1) is 30.2 Å². The van der Waals surface area contributed by atoms with Gasteiger partial charge in [0.2, 0.25) is 0 Å². The number of likely N-dealkylation sites (tertiary alicyclic amines) is 1. The number of amides is 1. The molecule has 2 aliphatic rings. The number of nitriles is 1. The van der Waals surface area contributed by atoms with Gasteiger partial charge in [0.15, 0.2) is 5.82 Å². The quantitative estimate of drug-likeness (QED) is 0.238. The number of aromatic hydroxyl groups is 1.